The Bertz CT molecular complexity index is 836. The molecule has 0 saturated heterocycles. The summed E-state index contributed by atoms with van der Waals surface area (Å²) in [5.74, 6) is 0.583. The van der Waals surface area contributed by atoms with E-state index in [9.17, 15) is 13.2 Å². The van der Waals surface area contributed by atoms with Gasteiger partial charge in [0, 0.05) is 16.9 Å². The highest BCUT2D eigenvalue weighted by molar-refractivity contribution is 7.80. The van der Waals surface area contributed by atoms with E-state index >= 15 is 0 Å². The summed E-state index contributed by atoms with van der Waals surface area (Å²) in [5.41, 5.74) is 2.47. The molecule has 0 radical (unpaired) electrons. The van der Waals surface area contributed by atoms with Gasteiger partial charge in [-0.15, -0.1) is 13.2 Å². The Hall–Kier alpha value is -2.48. The van der Waals surface area contributed by atoms with Crippen molar-refractivity contribution < 1.29 is 22.6 Å². The monoisotopic (exact) mass is 396 g/mol. The Balaban J connectivity index is 1.64. The molecule has 0 atom stereocenters. The van der Waals surface area contributed by atoms with E-state index in [-0.39, 0.29) is 11.2 Å². The maximum atomic E-state index is 12.2. The van der Waals surface area contributed by atoms with E-state index in [1.807, 2.05) is 18.2 Å². The summed E-state index contributed by atoms with van der Waals surface area (Å²) in [6.45, 7) is 5.03. The zero-order valence-corrected chi connectivity index (χ0v) is 15.6. The van der Waals surface area contributed by atoms with Crippen LogP contribution >= 0.6 is 12.2 Å². The second-order valence-corrected chi connectivity index (χ2v) is 7.25. The Labute approximate surface area is 160 Å². The van der Waals surface area contributed by atoms with Gasteiger partial charge in [0.1, 0.15) is 11.5 Å². The third kappa shape index (κ3) is 5.03. The van der Waals surface area contributed by atoms with Crippen LogP contribution in [0.25, 0.3) is 0 Å². The molecule has 0 amide bonds. The van der Waals surface area contributed by atoms with Crippen LogP contribution in [0, 0.1) is 0 Å². The molecule has 1 heterocycles. The molecule has 0 spiro atoms. The fraction of sp³-hybridized carbons (Fsp3) is 0.316. The number of hydrogen-bond donors (Lipinski definition) is 2. The summed E-state index contributed by atoms with van der Waals surface area (Å²) >= 11 is 5.29. The van der Waals surface area contributed by atoms with Crippen molar-refractivity contribution in [2.75, 3.05) is 17.2 Å². The van der Waals surface area contributed by atoms with Crippen molar-refractivity contribution >= 4 is 28.7 Å². The van der Waals surface area contributed by atoms with Gasteiger partial charge in [-0.2, -0.15) is 0 Å². The fourth-order valence-corrected chi connectivity index (χ4v) is 3.08. The lowest BCUT2D eigenvalue weighted by Gasteiger charge is -2.32. The second kappa shape index (κ2) is 7.26. The lowest BCUT2D eigenvalue weighted by Crippen LogP contribution is -2.27. The zero-order chi connectivity index (χ0) is 19.7. The summed E-state index contributed by atoms with van der Waals surface area (Å²) in [7, 11) is 0. The van der Waals surface area contributed by atoms with Gasteiger partial charge in [0.05, 0.1) is 6.61 Å². The molecule has 144 valence electrons. The SMILES string of the molecule is CC1(C)CCOc2ccc(NC(=S)Nc3ccc(OC(F)(F)F)cc3)cc21. The van der Waals surface area contributed by atoms with Crippen LogP contribution in [0.1, 0.15) is 25.8 Å². The van der Waals surface area contributed by atoms with Crippen molar-refractivity contribution in [3.63, 3.8) is 0 Å². The summed E-state index contributed by atoms with van der Waals surface area (Å²) in [6.07, 6.45) is -3.78. The predicted molar refractivity (Wildman–Crippen MR) is 103 cm³/mol. The molecule has 0 bridgehead atoms. The molecule has 2 aromatic rings. The number of rotatable bonds is 3. The molecule has 3 rings (SSSR count). The van der Waals surface area contributed by atoms with E-state index in [2.05, 4.69) is 29.2 Å². The minimum Gasteiger partial charge on any atom is -0.493 e. The van der Waals surface area contributed by atoms with Crippen LogP contribution in [0.5, 0.6) is 11.5 Å². The standard InChI is InChI=1S/C19H19F3N2O2S/c1-18(2)9-10-25-16-8-5-13(11-15(16)18)24-17(27)23-12-3-6-14(7-4-12)26-19(20,21)22/h3-8,11H,9-10H2,1-2H3,(H2,23,24,27). The van der Waals surface area contributed by atoms with Gasteiger partial charge in [0.15, 0.2) is 5.11 Å². The van der Waals surface area contributed by atoms with Gasteiger partial charge in [-0.1, -0.05) is 13.8 Å². The van der Waals surface area contributed by atoms with Gasteiger partial charge >= 0.3 is 6.36 Å². The molecule has 0 aliphatic carbocycles. The molecule has 27 heavy (non-hydrogen) atoms. The van der Waals surface area contributed by atoms with Crippen molar-refractivity contribution in [1.82, 2.24) is 0 Å². The highest BCUT2D eigenvalue weighted by Gasteiger charge is 2.31. The fourth-order valence-electron chi connectivity index (χ4n) is 2.85. The highest BCUT2D eigenvalue weighted by Crippen LogP contribution is 2.39. The van der Waals surface area contributed by atoms with Crippen LogP contribution < -0.4 is 20.1 Å². The minimum atomic E-state index is -4.71. The van der Waals surface area contributed by atoms with Crippen molar-refractivity contribution in [2.45, 2.75) is 32.0 Å². The van der Waals surface area contributed by atoms with Crippen molar-refractivity contribution in [3.05, 3.63) is 48.0 Å². The first-order valence-electron chi connectivity index (χ1n) is 8.34. The van der Waals surface area contributed by atoms with E-state index in [1.54, 1.807) is 0 Å². The smallest absolute Gasteiger partial charge is 0.493 e. The minimum absolute atomic E-state index is 0.00857. The van der Waals surface area contributed by atoms with Gasteiger partial charge in [-0.25, -0.2) is 0 Å². The Morgan fingerprint density at radius 3 is 2.37 bits per heavy atom. The first-order chi connectivity index (χ1) is 12.6. The average molecular weight is 396 g/mol. The summed E-state index contributed by atoms with van der Waals surface area (Å²) in [4.78, 5) is 0. The first kappa shape index (κ1) is 19.3. The molecule has 1 aliphatic rings. The number of hydrogen-bond acceptors (Lipinski definition) is 3. The molecule has 0 aromatic heterocycles. The lowest BCUT2D eigenvalue weighted by molar-refractivity contribution is -0.274. The van der Waals surface area contributed by atoms with Crippen LogP contribution in [0.4, 0.5) is 24.5 Å². The zero-order valence-electron chi connectivity index (χ0n) is 14.8. The van der Waals surface area contributed by atoms with Crippen LogP contribution in [0.2, 0.25) is 0 Å². The number of anilines is 2. The van der Waals surface area contributed by atoms with Crippen molar-refractivity contribution in [3.8, 4) is 11.5 Å². The number of nitrogens with one attached hydrogen (secondary N) is 2. The van der Waals surface area contributed by atoms with Gasteiger partial charge in [0.2, 0.25) is 0 Å². The number of ether oxygens (including phenoxy) is 2. The van der Waals surface area contributed by atoms with Gasteiger partial charge in [-0.3, -0.25) is 0 Å². The van der Waals surface area contributed by atoms with Gasteiger partial charge in [0.25, 0.3) is 0 Å². The Morgan fingerprint density at radius 2 is 1.70 bits per heavy atom. The molecular formula is C19H19F3N2O2S. The van der Waals surface area contributed by atoms with E-state index in [0.29, 0.717) is 17.4 Å². The number of halogens is 3. The van der Waals surface area contributed by atoms with E-state index in [0.717, 1.165) is 23.4 Å². The van der Waals surface area contributed by atoms with Crippen LogP contribution in [-0.2, 0) is 5.41 Å². The lowest BCUT2D eigenvalue weighted by atomic mass is 9.80. The van der Waals surface area contributed by atoms with Crippen LogP contribution in [-0.4, -0.2) is 18.1 Å². The number of thiocarbonyl (C=S) groups is 1. The van der Waals surface area contributed by atoms with Gasteiger partial charge in [-0.05, 0) is 66.5 Å². The molecule has 8 heteroatoms. The van der Waals surface area contributed by atoms with E-state index < -0.39 is 6.36 Å². The largest absolute Gasteiger partial charge is 0.573 e. The quantitative estimate of drug-likeness (QED) is 0.675. The topological polar surface area (TPSA) is 42.5 Å². The van der Waals surface area contributed by atoms with Crippen LogP contribution in [0.3, 0.4) is 0 Å². The first-order valence-corrected chi connectivity index (χ1v) is 8.74. The summed E-state index contributed by atoms with van der Waals surface area (Å²) in [5, 5.41) is 6.35. The number of alkyl halides is 3. The molecule has 0 unspecified atom stereocenters. The third-order valence-corrected chi connectivity index (χ3v) is 4.50. The summed E-state index contributed by atoms with van der Waals surface area (Å²) < 4.78 is 46.1. The Morgan fingerprint density at radius 1 is 1.07 bits per heavy atom. The molecule has 2 aromatic carbocycles. The normalized spacial score (nSPS) is 15.3. The molecule has 4 nitrogen and oxygen atoms in total. The summed E-state index contributed by atoms with van der Waals surface area (Å²) in [6, 6.07) is 11.1. The maximum absolute atomic E-state index is 12.2. The highest BCUT2D eigenvalue weighted by atomic mass is 32.1. The average Bonchev–Trinajstić information content (AvgIpc) is 2.56. The molecule has 2 N–H and O–H groups in total. The molecule has 1 aliphatic heterocycles. The van der Waals surface area contributed by atoms with Crippen LogP contribution in [0.15, 0.2) is 42.5 Å². The van der Waals surface area contributed by atoms with Gasteiger partial charge < -0.3 is 20.1 Å². The van der Waals surface area contributed by atoms with Crippen molar-refractivity contribution in [1.29, 1.82) is 0 Å². The number of fused-ring (bicyclic) bond motifs is 1. The number of benzene rings is 2. The second-order valence-electron chi connectivity index (χ2n) is 6.84. The van der Waals surface area contributed by atoms with E-state index in [1.165, 1.54) is 24.3 Å². The molecule has 0 saturated carbocycles. The molecular weight excluding hydrogens is 377 g/mol. The Kier molecular flexibility index (Phi) is 5.19. The maximum Gasteiger partial charge on any atom is 0.573 e. The van der Waals surface area contributed by atoms with Crippen molar-refractivity contribution in [2.24, 2.45) is 0 Å². The third-order valence-electron chi connectivity index (χ3n) is 4.30. The molecule has 0 fully saturated rings. The predicted octanol–water partition coefficient (Wildman–Crippen LogP) is 5.45. The van der Waals surface area contributed by atoms with E-state index in [4.69, 9.17) is 17.0 Å².